The lowest BCUT2D eigenvalue weighted by atomic mass is 10.2. The van der Waals surface area contributed by atoms with Gasteiger partial charge in [0, 0.05) is 6.54 Å². The van der Waals surface area contributed by atoms with Gasteiger partial charge in [-0.2, -0.15) is 0 Å². The van der Waals surface area contributed by atoms with E-state index in [1.807, 2.05) is 13.0 Å². The van der Waals surface area contributed by atoms with Crippen LogP contribution in [0.2, 0.25) is 0 Å². The van der Waals surface area contributed by atoms with Crippen molar-refractivity contribution in [2.24, 2.45) is 0 Å². The van der Waals surface area contributed by atoms with Gasteiger partial charge in [-0.3, -0.25) is 5.32 Å². The first-order valence-electron chi connectivity index (χ1n) is 7.49. The van der Waals surface area contributed by atoms with Gasteiger partial charge in [0.15, 0.2) is 0 Å². The summed E-state index contributed by atoms with van der Waals surface area (Å²) in [7, 11) is 0. The first kappa shape index (κ1) is 16.2. The molecular formula is C16H28N2O. The van der Waals surface area contributed by atoms with Crippen molar-refractivity contribution in [1.29, 1.82) is 0 Å². The molecule has 0 saturated heterocycles. The van der Waals surface area contributed by atoms with Crippen molar-refractivity contribution in [3.05, 3.63) is 35.9 Å². The van der Waals surface area contributed by atoms with Gasteiger partial charge in [0.05, 0.1) is 0 Å². The fourth-order valence-electron chi connectivity index (χ4n) is 1.97. The molecule has 0 saturated carbocycles. The van der Waals surface area contributed by atoms with Crippen LogP contribution in [0.1, 0.15) is 44.6 Å². The smallest absolute Gasteiger partial charge is 0.104 e. The molecule has 0 bridgehead atoms. The molecule has 1 aromatic carbocycles. The third-order valence-corrected chi connectivity index (χ3v) is 3.22. The van der Waals surface area contributed by atoms with Crippen molar-refractivity contribution in [3.63, 3.8) is 0 Å². The maximum absolute atomic E-state index is 9.32. The molecule has 0 aliphatic carbocycles. The fraction of sp³-hybridized carbons (Fsp3) is 0.625. The molecule has 1 atom stereocenters. The Morgan fingerprint density at radius 2 is 1.68 bits per heavy atom. The van der Waals surface area contributed by atoms with Crippen molar-refractivity contribution in [1.82, 2.24) is 10.6 Å². The van der Waals surface area contributed by atoms with Gasteiger partial charge in [-0.1, -0.05) is 50.1 Å². The van der Waals surface area contributed by atoms with Gasteiger partial charge in [-0.25, -0.2) is 0 Å². The monoisotopic (exact) mass is 264 g/mol. The second kappa shape index (κ2) is 11.0. The van der Waals surface area contributed by atoms with E-state index < -0.39 is 0 Å². The van der Waals surface area contributed by atoms with E-state index in [2.05, 4.69) is 34.9 Å². The van der Waals surface area contributed by atoms with Gasteiger partial charge in [-0.15, -0.1) is 0 Å². The van der Waals surface area contributed by atoms with Crippen LogP contribution in [-0.2, 0) is 6.54 Å². The van der Waals surface area contributed by atoms with Gasteiger partial charge in [0.1, 0.15) is 6.23 Å². The minimum Gasteiger partial charge on any atom is -0.379 e. The zero-order valence-electron chi connectivity index (χ0n) is 12.1. The number of unbranched alkanes of at least 4 members (excludes halogenated alkanes) is 3. The van der Waals surface area contributed by atoms with Crippen LogP contribution in [0.15, 0.2) is 30.3 Å². The Morgan fingerprint density at radius 1 is 1.00 bits per heavy atom. The molecule has 1 aromatic rings. The first-order chi connectivity index (χ1) is 9.33. The predicted molar refractivity (Wildman–Crippen MR) is 80.9 cm³/mol. The third kappa shape index (κ3) is 8.76. The molecule has 108 valence electrons. The summed E-state index contributed by atoms with van der Waals surface area (Å²) in [5.41, 5.74) is 1.35. The number of hydrogen-bond acceptors (Lipinski definition) is 3. The summed E-state index contributed by atoms with van der Waals surface area (Å²) >= 11 is 0. The van der Waals surface area contributed by atoms with Crippen molar-refractivity contribution < 1.29 is 5.11 Å². The SMILES string of the molecule is CCC(O)NCCCCCCNCc1ccccc1. The fourth-order valence-corrected chi connectivity index (χ4v) is 1.97. The van der Waals surface area contributed by atoms with Gasteiger partial charge >= 0.3 is 0 Å². The van der Waals surface area contributed by atoms with Crippen molar-refractivity contribution in [3.8, 4) is 0 Å². The molecule has 19 heavy (non-hydrogen) atoms. The average Bonchev–Trinajstić information content (AvgIpc) is 2.46. The zero-order chi connectivity index (χ0) is 13.8. The van der Waals surface area contributed by atoms with Crippen LogP contribution in [0, 0.1) is 0 Å². The van der Waals surface area contributed by atoms with Gasteiger partial charge in [-0.05, 0) is 37.9 Å². The van der Waals surface area contributed by atoms with Crippen LogP contribution in [0.3, 0.4) is 0 Å². The van der Waals surface area contributed by atoms with Crippen molar-refractivity contribution in [2.75, 3.05) is 13.1 Å². The normalized spacial score (nSPS) is 12.5. The summed E-state index contributed by atoms with van der Waals surface area (Å²) in [5.74, 6) is 0. The predicted octanol–water partition coefficient (Wildman–Crippen LogP) is 2.65. The van der Waals surface area contributed by atoms with Crippen LogP contribution in [-0.4, -0.2) is 24.4 Å². The number of hydrogen-bond donors (Lipinski definition) is 3. The Morgan fingerprint density at radius 3 is 2.37 bits per heavy atom. The second-order valence-corrected chi connectivity index (χ2v) is 4.95. The van der Waals surface area contributed by atoms with Gasteiger partial charge < -0.3 is 10.4 Å². The van der Waals surface area contributed by atoms with Crippen LogP contribution in [0.4, 0.5) is 0 Å². The lowest BCUT2D eigenvalue weighted by Crippen LogP contribution is -2.28. The largest absolute Gasteiger partial charge is 0.379 e. The number of nitrogens with one attached hydrogen (secondary N) is 2. The summed E-state index contributed by atoms with van der Waals surface area (Å²) in [6.07, 6.45) is 5.32. The molecule has 0 aromatic heterocycles. The molecular weight excluding hydrogens is 236 g/mol. The molecule has 3 nitrogen and oxygen atoms in total. The number of aliphatic hydroxyl groups is 1. The third-order valence-electron chi connectivity index (χ3n) is 3.22. The molecule has 0 aliphatic rings. The summed E-state index contributed by atoms with van der Waals surface area (Å²) in [4.78, 5) is 0. The Balaban J connectivity index is 1.84. The molecule has 1 rings (SSSR count). The highest BCUT2D eigenvalue weighted by atomic mass is 16.3. The standard InChI is InChI=1S/C16H28N2O/c1-2-16(19)18-13-9-4-3-8-12-17-14-15-10-6-5-7-11-15/h5-7,10-11,16-19H,2-4,8-9,12-14H2,1H3. The molecule has 0 spiro atoms. The number of aliphatic hydroxyl groups excluding tert-OH is 1. The minimum absolute atomic E-state index is 0.326. The lowest BCUT2D eigenvalue weighted by molar-refractivity contribution is 0.133. The summed E-state index contributed by atoms with van der Waals surface area (Å²) < 4.78 is 0. The molecule has 3 heteroatoms. The van der Waals surface area contributed by atoms with E-state index >= 15 is 0 Å². The van der Waals surface area contributed by atoms with Crippen molar-refractivity contribution >= 4 is 0 Å². The molecule has 1 unspecified atom stereocenters. The van der Waals surface area contributed by atoms with Gasteiger partial charge in [0.25, 0.3) is 0 Å². The average molecular weight is 264 g/mol. The molecule has 0 aliphatic heterocycles. The minimum atomic E-state index is -0.326. The highest BCUT2D eigenvalue weighted by molar-refractivity contribution is 5.14. The van der Waals surface area contributed by atoms with E-state index in [0.29, 0.717) is 0 Å². The van der Waals surface area contributed by atoms with E-state index in [1.54, 1.807) is 0 Å². The molecule has 0 radical (unpaired) electrons. The van der Waals surface area contributed by atoms with E-state index in [9.17, 15) is 5.11 Å². The topological polar surface area (TPSA) is 44.3 Å². The Hall–Kier alpha value is -0.900. The maximum atomic E-state index is 9.32. The summed E-state index contributed by atoms with van der Waals surface area (Å²) in [5, 5.41) is 15.9. The Bertz CT molecular complexity index is 303. The van der Waals surface area contributed by atoms with E-state index in [-0.39, 0.29) is 6.23 Å². The summed E-state index contributed by atoms with van der Waals surface area (Å²) in [6.45, 7) is 4.95. The van der Waals surface area contributed by atoms with E-state index in [1.165, 1.54) is 24.8 Å². The molecule has 0 amide bonds. The molecule has 3 N–H and O–H groups in total. The van der Waals surface area contributed by atoms with E-state index in [4.69, 9.17) is 0 Å². The summed E-state index contributed by atoms with van der Waals surface area (Å²) in [6, 6.07) is 10.5. The van der Waals surface area contributed by atoms with Crippen LogP contribution in [0.25, 0.3) is 0 Å². The highest BCUT2D eigenvalue weighted by Gasteiger charge is 1.97. The van der Waals surface area contributed by atoms with Crippen LogP contribution >= 0.6 is 0 Å². The Labute approximate surface area is 117 Å². The Kier molecular flexibility index (Phi) is 9.33. The molecule has 0 heterocycles. The zero-order valence-corrected chi connectivity index (χ0v) is 12.1. The number of rotatable bonds is 11. The van der Waals surface area contributed by atoms with Gasteiger partial charge in [0.2, 0.25) is 0 Å². The highest BCUT2D eigenvalue weighted by Crippen LogP contribution is 2.00. The second-order valence-electron chi connectivity index (χ2n) is 4.95. The van der Waals surface area contributed by atoms with Crippen molar-refractivity contribution in [2.45, 2.75) is 51.8 Å². The molecule has 0 fully saturated rings. The quantitative estimate of drug-likeness (QED) is 0.425. The van der Waals surface area contributed by atoms with Crippen LogP contribution in [0.5, 0.6) is 0 Å². The lowest BCUT2D eigenvalue weighted by Gasteiger charge is -2.09. The van der Waals surface area contributed by atoms with E-state index in [0.717, 1.165) is 32.5 Å². The first-order valence-corrected chi connectivity index (χ1v) is 7.49. The maximum Gasteiger partial charge on any atom is 0.104 e. The van der Waals surface area contributed by atoms with Crippen LogP contribution < -0.4 is 10.6 Å². The number of benzene rings is 1.